The second-order valence-corrected chi connectivity index (χ2v) is 5.55. The highest BCUT2D eigenvalue weighted by atomic mass is 127. The summed E-state index contributed by atoms with van der Waals surface area (Å²) in [6.07, 6.45) is 8.20. The fourth-order valence-corrected chi connectivity index (χ4v) is 2.61. The molecule has 0 spiro atoms. The molecule has 0 radical (unpaired) electrons. The van der Waals surface area contributed by atoms with Gasteiger partial charge in [0.2, 0.25) is 0 Å². The molecule has 0 saturated heterocycles. The lowest BCUT2D eigenvalue weighted by Crippen LogP contribution is -2.41. The van der Waals surface area contributed by atoms with Gasteiger partial charge in [-0.05, 0) is 26.2 Å². The van der Waals surface area contributed by atoms with Crippen LogP contribution < -0.4 is 11.1 Å². The molecule has 0 aliphatic heterocycles. The van der Waals surface area contributed by atoms with E-state index < -0.39 is 0 Å². The van der Waals surface area contributed by atoms with Gasteiger partial charge in [0.1, 0.15) is 12.3 Å². The number of oxazole rings is 1. The lowest BCUT2D eigenvalue weighted by Gasteiger charge is -2.23. The van der Waals surface area contributed by atoms with Crippen LogP contribution in [0.2, 0.25) is 0 Å². The second-order valence-electron chi connectivity index (χ2n) is 5.55. The molecule has 0 amide bonds. The number of aromatic nitrogens is 1. The lowest BCUT2D eigenvalue weighted by molar-refractivity contribution is 0.411. The van der Waals surface area contributed by atoms with E-state index in [2.05, 4.69) is 22.2 Å². The highest BCUT2D eigenvalue weighted by Gasteiger charge is 2.14. The van der Waals surface area contributed by atoms with Crippen molar-refractivity contribution in [3.63, 3.8) is 0 Å². The van der Waals surface area contributed by atoms with Crippen LogP contribution in [0.5, 0.6) is 0 Å². The van der Waals surface area contributed by atoms with Gasteiger partial charge in [-0.25, -0.2) is 9.98 Å². The quantitative estimate of drug-likeness (QED) is 0.447. The molecular formula is C15H27IN4O. The minimum absolute atomic E-state index is 0. The molecule has 3 N–H and O–H groups in total. The Balaban J connectivity index is 0.00000220. The average molecular weight is 406 g/mol. The molecule has 1 aliphatic rings. The van der Waals surface area contributed by atoms with Crippen LogP contribution in [0.1, 0.15) is 62.8 Å². The van der Waals surface area contributed by atoms with E-state index in [0.717, 1.165) is 30.2 Å². The Kier molecular flexibility index (Phi) is 8.06. The fourth-order valence-electron chi connectivity index (χ4n) is 2.61. The maximum absolute atomic E-state index is 5.94. The van der Waals surface area contributed by atoms with Gasteiger partial charge in [-0.15, -0.1) is 24.0 Å². The van der Waals surface area contributed by atoms with E-state index in [1.54, 1.807) is 0 Å². The van der Waals surface area contributed by atoms with E-state index >= 15 is 0 Å². The summed E-state index contributed by atoms with van der Waals surface area (Å²) < 4.78 is 5.69. The number of aliphatic imine (C=N–C) groups is 1. The van der Waals surface area contributed by atoms with Crippen LogP contribution in [0.15, 0.2) is 9.41 Å². The van der Waals surface area contributed by atoms with Crippen molar-refractivity contribution in [3.8, 4) is 0 Å². The molecular weight excluding hydrogens is 379 g/mol. The first-order valence-electron chi connectivity index (χ1n) is 7.70. The molecule has 1 saturated carbocycles. The third-order valence-electron chi connectivity index (χ3n) is 3.75. The van der Waals surface area contributed by atoms with Crippen molar-refractivity contribution >= 4 is 29.9 Å². The number of nitrogens with zero attached hydrogens (tertiary/aromatic N) is 2. The van der Waals surface area contributed by atoms with Gasteiger partial charge in [0.05, 0.1) is 5.69 Å². The summed E-state index contributed by atoms with van der Waals surface area (Å²) in [6.45, 7) is 4.54. The van der Waals surface area contributed by atoms with E-state index in [4.69, 9.17) is 10.2 Å². The molecule has 0 bridgehead atoms. The van der Waals surface area contributed by atoms with E-state index in [1.165, 1.54) is 32.1 Å². The van der Waals surface area contributed by atoms with Crippen molar-refractivity contribution in [2.24, 2.45) is 10.7 Å². The van der Waals surface area contributed by atoms with Gasteiger partial charge in [-0.2, -0.15) is 0 Å². The van der Waals surface area contributed by atoms with Crippen LogP contribution in [0.4, 0.5) is 0 Å². The number of guanidine groups is 1. The van der Waals surface area contributed by atoms with Gasteiger partial charge in [0.15, 0.2) is 11.9 Å². The molecule has 5 nitrogen and oxygen atoms in total. The topological polar surface area (TPSA) is 76.4 Å². The highest BCUT2D eigenvalue weighted by Crippen LogP contribution is 2.17. The maximum atomic E-state index is 5.94. The molecule has 0 atom stereocenters. The zero-order valence-electron chi connectivity index (χ0n) is 13.0. The summed E-state index contributed by atoms with van der Waals surface area (Å²) in [5, 5.41) is 3.31. The monoisotopic (exact) mass is 406 g/mol. The zero-order valence-corrected chi connectivity index (χ0v) is 15.4. The van der Waals surface area contributed by atoms with Gasteiger partial charge in [-0.1, -0.05) is 26.2 Å². The lowest BCUT2D eigenvalue weighted by atomic mass is 9.96. The number of halogens is 1. The normalized spacial score (nSPS) is 16.6. The number of nitrogens with two attached hydrogens (primary N) is 1. The Bertz CT molecular complexity index is 453. The standard InChI is InChI=1S/C15H26N4O.HI/c1-3-7-14-18-11(2)13(20-14)10-17-15(16)19-12-8-5-4-6-9-12;/h12H,3-10H2,1-2H3,(H3,16,17,19);1H. The first-order valence-corrected chi connectivity index (χ1v) is 7.70. The molecule has 6 heteroatoms. The summed E-state index contributed by atoms with van der Waals surface area (Å²) in [4.78, 5) is 8.77. The predicted molar refractivity (Wildman–Crippen MR) is 96.0 cm³/mol. The minimum atomic E-state index is 0. The SMILES string of the molecule is CCCc1nc(C)c(CN=C(N)NC2CCCCC2)o1.I. The van der Waals surface area contributed by atoms with Crippen molar-refractivity contribution in [1.29, 1.82) is 0 Å². The van der Waals surface area contributed by atoms with E-state index in [0.29, 0.717) is 18.5 Å². The van der Waals surface area contributed by atoms with Crippen molar-refractivity contribution in [2.75, 3.05) is 0 Å². The van der Waals surface area contributed by atoms with Crippen LogP contribution in [-0.4, -0.2) is 17.0 Å². The van der Waals surface area contributed by atoms with Crippen molar-refractivity contribution in [3.05, 3.63) is 17.3 Å². The molecule has 1 aromatic heterocycles. The summed E-state index contributed by atoms with van der Waals surface area (Å²) in [5.74, 6) is 2.14. The van der Waals surface area contributed by atoms with Crippen molar-refractivity contribution in [2.45, 2.75) is 71.4 Å². The first kappa shape index (κ1) is 18.3. The summed E-state index contributed by atoms with van der Waals surface area (Å²) in [6, 6.07) is 0.485. The predicted octanol–water partition coefficient (Wildman–Crippen LogP) is 3.29. The summed E-state index contributed by atoms with van der Waals surface area (Å²) in [7, 11) is 0. The van der Waals surface area contributed by atoms with Crippen LogP contribution in [0.25, 0.3) is 0 Å². The Hall–Kier alpha value is -0.790. The first-order chi connectivity index (χ1) is 9.69. The Morgan fingerprint density at radius 2 is 2.10 bits per heavy atom. The zero-order chi connectivity index (χ0) is 14.4. The third-order valence-corrected chi connectivity index (χ3v) is 3.75. The number of rotatable bonds is 5. The highest BCUT2D eigenvalue weighted by molar-refractivity contribution is 14.0. The van der Waals surface area contributed by atoms with Crippen LogP contribution in [-0.2, 0) is 13.0 Å². The largest absolute Gasteiger partial charge is 0.443 e. The van der Waals surface area contributed by atoms with Gasteiger partial charge in [0, 0.05) is 12.5 Å². The molecule has 0 unspecified atom stereocenters. The number of aryl methyl sites for hydroxylation is 2. The van der Waals surface area contributed by atoms with E-state index in [-0.39, 0.29) is 24.0 Å². The number of hydrogen-bond donors (Lipinski definition) is 2. The van der Waals surface area contributed by atoms with Gasteiger partial charge in [-0.3, -0.25) is 0 Å². The van der Waals surface area contributed by atoms with Gasteiger partial charge < -0.3 is 15.5 Å². The third kappa shape index (κ3) is 5.84. The molecule has 0 aromatic carbocycles. The molecule has 1 aromatic rings. The van der Waals surface area contributed by atoms with E-state index in [9.17, 15) is 0 Å². The van der Waals surface area contributed by atoms with E-state index in [1.807, 2.05) is 6.92 Å². The van der Waals surface area contributed by atoms with Gasteiger partial charge in [0.25, 0.3) is 0 Å². The Labute approximate surface area is 144 Å². The van der Waals surface area contributed by atoms with Gasteiger partial charge >= 0.3 is 0 Å². The smallest absolute Gasteiger partial charge is 0.194 e. The summed E-state index contributed by atoms with van der Waals surface area (Å²) >= 11 is 0. The second kappa shape index (κ2) is 9.27. The Morgan fingerprint density at radius 3 is 2.76 bits per heavy atom. The molecule has 21 heavy (non-hydrogen) atoms. The van der Waals surface area contributed by atoms with Crippen molar-refractivity contribution < 1.29 is 4.42 Å². The van der Waals surface area contributed by atoms with Crippen LogP contribution in [0.3, 0.4) is 0 Å². The van der Waals surface area contributed by atoms with Crippen LogP contribution >= 0.6 is 24.0 Å². The number of nitrogens with one attached hydrogen (secondary N) is 1. The summed E-state index contributed by atoms with van der Waals surface area (Å²) in [5.41, 5.74) is 6.86. The van der Waals surface area contributed by atoms with Crippen molar-refractivity contribution in [1.82, 2.24) is 10.3 Å². The fraction of sp³-hybridized carbons (Fsp3) is 0.733. The number of hydrogen-bond acceptors (Lipinski definition) is 3. The molecule has 1 heterocycles. The molecule has 120 valence electrons. The maximum Gasteiger partial charge on any atom is 0.194 e. The minimum Gasteiger partial charge on any atom is -0.443 e. The molecule has 1 aliphatic carbocycles. The molecule has 1 fully saturated rings. The molecule has 2 rings (SSSR count). The average Bonchev–Trinajstić information content (AvgIpc) is 2.78. The Morgan fingerprint density at radius 1 is 1.38 bits per heavy atom. The van der Waals surface area contributed by atoms with Crippen LogP contribution in [0, 0.1) is 6.92 Å².